The van der Waals surface area contributed by atoms with E-state index in [0.717, 1.165) is 4.90 Å². The van der Waals surface area contributed by atoms with Crippen LogP contribution in [-0.4, -0.2) is 168 Å². The second kappa shape index (κ2) is 31.2. The van der Waals surface area contributed by atoms with Crippen LogP contribution in [0.25, 0.3) is 0 Å². The standard InChI is InChI=1S/C46H83N13O11/c1-12-18-30(39(64)55-36(26(7)13-2)42(67)53-31(19-16-21-50-46(47)48)45(70)59-22-17-20-32(59)40(65)49-15-4)52-44(69)38(28(9)60)57-43(68)37(27(8)14-3)56-41(66)35(25(5)6)54-33(62)23-51-34(63)24-58(11)29(10)61/h25-28,30-32,35-38,60H,12-24H2,1-11H3,(H,49,65)(H,51,63)(H,52,69)(H,53,67)(H,54,62)(H,55,64)(H,56,66)(H,57,68)(H4,47,48,50)/t26-,27+,28+,30-,31-,32+,35-,36-,37+,38-/m0/s1. The molecule has 0 spiro atoms. The highest BCUT2D eigenvalue weighted by molar-refractivity contribution is 5.98. The molecule has 0 unspecified atom stereocenters. The maximum atomic E-state index is 14.2. The number of likely N-dealkylation sites (tertiary alicyclic amines) is 1. The molecule has 1 saturated heterocycles. The molecule has 70 heavy (non-hydrogen) atoms. The number of aliphatic hydroxyl groups is 1. The van der Waals surface area contributed by atoms with Gasteiger partial charge < -0.3 is 68.9 Å². The van der Waals surface area contributed by atoms with Crippen molar-refractivity contribution in [2.75, 3.05) is 39.8 Å². The number of hydrogen-bond donors (Lipinski definition) is 11. The zero-order valence-corrected chi connectivity index (χ0v) is 43.1. The average Bonchev–Trinajstić information content (AvgIpc) is 3.80. The molecule has 0 aromatic rings. The minimum Gasteiger partial charge on any atom is -0.391 e. The van der Waals surface area contributed by atoms with Gasteiger partial charge >= 0.3 is 0 Å². The van der Waals surface area contributed by atoms with E-state index in [1.807, 2.05) is 6.92 Å². The van der Waals surface area contributed by atoms with Crippen molar-refractivity contribution in [2.45, 2.75) is 169 Å². The number of nitrogens with zero attached hydrogens (tertiary/aromatic N) is 3. The number of hydrogen-bond acceptors (Lipinski definition) is 12. The SMILES string of the molecule is CCC[C@H](NC(=O)[C@@H](NC(=O)[C@H](NC(=O)[C@@H](NC(=O)CNC(=O)CN(C)C(C)=O)C(C)C)[C@H](C)CC)[C@@H](C)O)C(=O)N[C@H](C(=O)N[C@@H](CCCN=C(N)N)C(=O)N1CCC[C@@H]1C(=O)NCC)[C@@H](C)CC. The summed E-state index contributed by atoms with van der Waals surface area (Å²) in [4.78, 5) is 140. The smallest absolute Gasteiger partial charge is 0.245 e. The first-order chi connectivity index (χ1) is 32.8. The van der Waals surface area contributed by atoms with E-state index in [1.165, 1.54) is 25.8 Å². The molecule has 0 aromatic carbocycles. The number of nitrogens with two attached hydrogens (primary N) is 2. The Kier molecular flexibility index (Phi) is 27.6. The van der Waals surface area contributed by atoms with Crippen LogP contribution in [0.3, 0.4) is 0 Å². The van der Waals surface area contributed by atoms with E-state index in [9.17, 15) is 53.1 Å². The molecular weight excluding hydrogens is 911 g/mol. The van der Waals surface area contributed by atoms with Crippen LogP contribution in [0.1, 0.15) is 121 Å². The molecule has 0 aliphatic carbocycles. The van der Waals surface area contributed by atoms with E-state index in [4.69, 9.17) is 11.5 Å². The Bertz CT molecular complexity index is 1830. The monoisotopic (exact) mass is 994 g/mol. The summed E-state index contributed by atoms with van der Waals surface area (Å²) in [6, 6.07) is -8.31. The predicted octanol–water partition coefficient (Wildman–Crippen LogP) is -2.40. The Labute approximate surface area is 412 Å². The molecule has 1 fully saturated rings. The highest BCUT2D eigenvalue weighted by Crippen LogP contribution is 2.21. The van der Waals surface area contributed by atoms with Gasteiger partial charge in [0, 0.05) is 33.6 Å². The van der Waals surface area contributed by atoms with Crippen molar-refractivity contribution in [3.05, 3.63) is 0 Å². The number of guanidine groups is 1. The summed E-state index contributed by atoms with van der Waals surface area (Å²) in [5, 5.41) is 31.9. The van der Waals surface area contributed by atoms with Crippen LogP contribution >= 0.6 is 0 Å². The number of amides is 10. The molecule has 1 aliphatic heterocycles. The average molecular weight is 994 g/mol. The summed E-state index contributed by atoms with van der Waals surface area (Å²) in [6.07, 6.45) is 1.22. The van der Waals surface area contributed by atoms with Gasteiger partial charge in [0.15, 0.2) is 5.96 Å². The number of nitrogens with one attached hydrogen (secondary N) is 8. The topological polar surface area (TPSA) is 358 Å². The van der Waals surface area contributed by atoms with Gasteiger partial charge in [0.1, 0.15) is 42.3 Å². The lowest BCUT2D eigenvalue weighted by molar-refractivity contribution is -0.142. The second-order valence-corrected chi connectivity index (χ2v) is 18.4. The molecule has 398 valence electrons. The molecule has 0 aromatic heterocycles. The van der Waals surface area contributed by atoms with Gasteiger partial charge in [0.25, 0.3) is 0 Å². The summed E-state index contributed by atoms with van der Waals surface area (Å²) in [6.45, 7) is 16.5. The minimum atomic E-state index is -1.62. The van der Waals surface area contributed by atoms with Crippen molar-refractivity contribution in [3.8, 4) is 0 Å². The van der Waals surface area contributed by atoms with Crippen LogP contribution in [0, 0.1) is 17.8 Å². The predicted molar refractivity (Wildman–Crippen MR) is 262 cm³/mol. The Hall–Kier alpha value is -6.07. The molecule has 24 heteroatoms. The van der Waals surface area contributed by atoms with E-state index in [-0.39, 0.29) is 43.7 Å². The van der Waals surface area contributed by atoms with Crippen LogP contribution in [0.2, 0.25) is 0 Å². The summed E-state index contributed by atoms with van der Waals surface area (Å²) in [5.41, 5.74) is 11.0. The van der Waals surface area contributed by atoms with Gasteiger partial charge in [-0.2, -0.15) is 0 Å². The molecule has 24 nitrogen and oxygen atoms in total. The highest BCUT2D eigenvalue weighted by atomic mass is 16.3. The van der Waals surface area contributed by atoms with Crippen molar-refractivity contribution in [2.24, 2.45) is 34.2 Å². The van der Waals surface area contributed by atoms with Crippen LogP contribution in [-0.2, 0) is 47.9 Å². The third-order valence-electron chi connectivity index (χ3n) is 12.2. The third kappa shape index (κ3) is 20.5. The lowest BCUT2D eigenvalue weighted by Crippen LogP contribution is -2.63. The molecular formula is C46H83N13O11. The van der Waals surface area contributed by atoms with Gasteiger partial charge in [-0.15, -0.1) is 0 Å². The van der Waals surface area contributed by atoms with E-state index >= 15 is 0 Å². The quantitative estimate of drug-likeness (QED) is 0.0203. The molecule has 1 heterocycles. The van der Waals surface area contributed by atoms with Gasteiger partial charge in [-0.3, -0.25) is 52.9 Å². The van der Waals surface area contributed by atoms with Crippen LogP contribution in [0.4, 0.5) is 0 Å². The van der Waals surface area contributed by atoms with E-state index in [1.54, 1.807) is 48.5 Å². The number of carbonyl (C=O) groups is 10. The Morgan fingerprint density at radius 3 is 1.73 bits per heavy atom. The van der Waals surface area contributed by atoms with Crippen molar-refractivity contribution in [3.63, 3.8) is 0 Å². The summed E-state index contributed by atoms with van der Waals surface area (Å²) < 4.78 is 0. The summed E-state index contributed by atoms with van der Waals surface area (Å²) >= 11 is 0. The molecule has 13 N–H and O–H groups in total. The van der Waals surface area contributed by atoms with Gasteiger partial charge in [-0.25, -0.2) is 0 Å². The maximum Gasteiger partial charge on any atom is 0.245 e. The fourth-order valence-corrected chi connectivity index (χ4v) is 7.51. The van der Waals surface area contributed by atoms with Gasteiger partial charge in [-0.1, -0.05) is 67.7 Å². The first-order valence-corrected chi connectivity index (χ1v) is 24.5. The summed E-state index contributed by atoms with van der Waals surface area (Å²) in [5.74, 6) is -7.96. The van der Waals surface area contributed by atoms with Crippen molar-refractivity contribution < 1.29 is 53.1 Å². The molecule has 0 bridgehead atoms. The first kappa shape index (κ1) is 61.9. The number of aliphatic hydroxyl groups excluding tert-OH is 1. The van der Waals surface area contributed by atoms with Gasteiger partial charge in [0.2, 0.25) is 59.1 Å². The number of aliphatic imine (C=N–C) groups is 1. The molecule has 1 aliphatic rings. The normalized spacial score (nSPS) is 17.1. The van der Waals surface area contributed by atoms with Gasteiger partial charge in [0.05, 0.1) is 19.2 Å². The largest absolute Gasteiger partial charge is 0.391 e. The zero-order valence-electron chi connectivity index (χ0n) is 43.1. The fraction of sp³-hybridized carbons (Fsp3) is 0.761. The molecule has 0 saturated carbocycles. The highest BCUT2D eigenvalue weighted by Gasteiger charge is 2.40. The van der Waals surface area contributed by atoms with Crippen molar-refractivity contribution in [1.82, 2.24) is 52.3 Å². The van der Waals surface area contributed by atoms with Crippen LogP contribution < -0.4 is 54.0 Å². The van der Waals surface area contributed by atoms with Crippen molar-refractivity contribution in [1.29, 1.82) is 0 Å². The molecule has 10 atom stereocenters. The lowest BCUT2D eigenvalue weighted by atomic mass is 9.95. The Morgan fingerprint density at radius 2 is 1.21 bits per heavy atom. The second-order valence-electron chi connectivity index (χ2n) is 18.4. The zero-order chi connectivity index (χ0) is 53.4. The van der Waals surface area contributed by atoms with Crippen molar-refractivity contribution >= 4 is 65.0 Å². The van der Waals surface area contributed by atoms with E-state index in [2.05, 4.69) is 47.5 Å². The maximum absolute atomic E-state index is 14.2. The summed E-state index contributed by atoms with van der Waals surface area (Å²) in [7, 11) is 1.42. The van der Waals surface area contributed by atoms with Crippen LogP contribution in [0.15, 0.2) is 4.99 Å². The van der Waals surface area contributed by atoms with Crippen LogP contribution in [0.5, 0.6) is 0 Å². The fourth-order valence-electron chi connectivity index (χ4n) is 7.51. The molecule has 10 amide bonds. The Morgan fingerprint density at radius 1 is 0.686 bits per heavy atom. The number of rotatable bonds is 30. The lowest BCUT2D eigenvalue weighted by Gasteiger charge is -2.32. The van der Waals surface area contributed by atoms with E-state index < -0.39 is 120 Å². The number of carbonyl (C=O) groups excluding carboxylic acids is 10. The molecule has 1 rings (SSSR count). The molecule has 0 radical (unpaired) electrons. The van der Waals surface area contributed by atoms with Gasteiger partial charge in [-0.05, 0) is 63.7 Å². The third-order valence-corrected chi connectivity index (χ3v) is 12.2. The Balaban J connectivity index is 3.30. The first-order valence-electron chi connectivity index (χ1n) is 24.5. The van der Waals surface area contributed by atoms with E-state index in [0.29, 0.717) is 51.6 Å². The number of likely N-dealkylation sites (N-methyl/N-ethyl adjacent to an activating group) is 2. The minimum absolute atomic E-state index is 0.0853.